The fraction of sp³-hybridized carbons (Fsp3) is 0. The molecule has 1 aromatic heterocycles. The predicted octanol–water partition coefficient (Wildman–Crippen LogP) is 8.61. The molecule has 5 heteroatoms. The Morgan fingerprint density at radius 3 is 1.61 bits per heavy atom. The second-order valence-corrected chi connectivity index (χ2v) is 9.04. The maximum Gasteiger partial charge on any atom is 0.197 e. The average Bonchev–Trinajstić information content (AvgIpc) is 2.94. The molecule has 0 aliphatic rings. The Morgan fingerprint density at radius 2 is 1.03 bits per heavy atom. The minimum absolute atomic E-state index is 0.239. The van der Waals surface area contributed by atoms with Gasteiger partial charge >= 0.3 is 0 Å². The van der Waals surface area contributed by atoms with Gasteiger partial charge in [-0.3, -0.25) is 4.79 Å². The van der Waals surface area contributed by atoms with Crippen LogP contribution in [-0.2, 0) is 0 Å². The molecule has 5 aromatic carbocycles. The lowest BCUT2D eigenvalue weighted by Crippen LogP contribution is -2.10. The summed E-state index contributed by atoms with van der Waals surface area (Å²) in [6.45, 7) is 0. The highest BCUT2D eigenvalue weighted by Gasteiger charge is 2.19. The summed E-state index contributed by atoms with van der Waals surface area (Å²) in [6, 6.07) is 31.0. The quantitative estimate of drug-likeness (QED) is 0.257. The van der Waals surface area contributed by atoms with Gasteiger partial charge in [0.25, 0.3) is 0 Å². The van der Waals surface area contributed by atoms with E-state index >= 15 is 0 Å². The standard InChI is InChI=1S/C33H20F3NO/c34-25-12-6-20(7-13-25)24-18-28(21-8-14-26(35)15-9-21)32-29(19-24)33(38)30(22-10-16-27(36)17-11-22)31(37-32)23-4-2-1-3-5-23/h1-19H,(H,37,38). The summed E-state index contributed by atoms with van der Waals surface area (Å²) in [5.41, 5.74) is 5.55. The summed E-state index contributed by atoms with van der Waals surface area (Å²) in [4.78, 5) is 17.7. The molecule has 0 atom stereocenters. The van der Waals surface area contributed by atoms with E-state index in [4.69, 9.17) is 0 Å². The zero-order valence-electron chi connectivity index (χ0n) is 20.0. The molecule has 0 saturated carbocycles. The van der Waals surface area contributed by atoms with Gasteiger partial charge in [0, 0.05) is 10.9 Å². The molecule has 2 nitrogen and oxygen atoms in total. The molecule has 0 unspecified atom stereocenters. The fourth-order valence-electron chi connectivity index (χ4n) is 4.77. The van der Waals surface area contributed by atoms with E-state index in [0.29, 0.717) is 44.4 Å². The normalized spacial score (nSPS) is 11.1. The van der Waals surface area contributed by atoms with Gasteiger partial charge in [-0.25, -0.2) is 13.2 Å². The molecule has 0 fully saturated rings. The highest BCUT2D eigenvalue weighted by atomic mass is 19.1. The van der Waals surface area contributed by atoms with E-state index in [9.17, 15) is 18.0 Å². The summed E-state index contributed by atoms with van der Waals surface area (Å²) >= 11 is 0. The Bertz CT molecular complexity index is 1820. The third kappa shape index (κ3) is 4.28. The summed E-state index contributed by atoms with van der Waals surface area (Å²) in [5, 5.41) is 0.408. The van der Waals surface area contributed by atoms with Crippen molar-refractivity contribution in [1.82, 2.24) is 4.98 Å². The van der Waals surface area contributed by atoms with Crippen LogP contribution in [0.2, 0.25) is 0 Å². The Kier molecular flexibility index (Phi) is 5.89. The predicted molar refractivity (Wildman–Crippen MR) is 146 cm³/mol. The highest BCUT2D eigenvalue weighted by molar-refractivity contribution is 6.01. The van der Waals surface area contributed by atoms with Crippen molar-refractivity contribution in [3.63, 3.8) is 0 Å². The molecule has 184 valence electrons. The largest absolute Gasteiger partial charge is 0.353 e. The van der Waals surface area contributed by atoms with Crippen LogP contribution >= 0.6 is 0 Å². The van der Waals surface area contributed by atoms with Gasteiger partial charge in [-0.05, 0) is 76.3 Å². The SMILES string of the molecule is O=c1c(-c2ccc(F)cc2)c(-c2ccccc2)[nH]c2c(-c3ccc(F)cc3)cc(-c3ccc(F)cc3)cc12. The second kappa shape index (κ2) is 9.52. The van der Waals surface area contributed by atoms with Crippen molar-refractivity contribution >= 4 is 10.9 Å². The number of nitrogens with one attached hydrogen (secondary N) is 1. The average molecular weight is 504 g/mol. The van der Waals surface area contributed by atoms with Crippen molar-refractivity contribution in [3.8, 4) is 44.6 Å². The van der Waals surface area contributed by atoms with Crippen LogP contribution in [0.1, 0.15) is 0 Å². The molecule has 0 aliphatic carbocycles. The van der Waals surface area contributed by atoms with Crippen LogP contribution in [0, 0.1) is 17.5 Å². The first-order valence-electron chi connectivity index (χ1n) is 12.1. The van der Waals surface area contributed by atoms with E-state index in [0.717, 1.165) is 11.1 Å². The second-order valence-electron chi connectivity index (χ2n) is 9.04. The van der Waals surface area contributed by atoms with E-state index in [2.05, 4.69) is 4.98 Å². The van der Waals surface area contributed by atoms with Crippen LogP contribution in [0.3, 0.4) is 0 Å². The first kappa shape index (κ1) is 23.5. The number of H-pyrrole nitrogens is 1. The highest BCUT2D eigenvalue weighted by Crippen LogP contribution is 2.36. The lowest BCUT2D eigenvalue weighted by Gasteiger charge is -2.16. The lowest BCUT2D eigenvalue weighted by atomic mass is 9.91. The van der Waals surface area contributed by atoms with Gasteiger partial charge in [0.2, 0.25) is 0 Å². The van der Waals surface area contributed by atoms with E-state index in [1.54, 1.807) is 42.5 Å². The van der Waals surface area contributed by atoms with Gasteiger partial charge in [0.05, 0.1) is 16.8 Å². The van der Waals surface area contributed by atoms with E-state index in [1.165, 1.54) is 36.4 Å². The van der Waals surface area contributed by atoms with E-state index < -0.39 is 5.82 Å². The number of hydrogen-bond donors (Lipinski definition) is 1. The molecule has 1 N–H and O–H groups in total. The molecule has 6 rings (SSSR count). The summed E-state index contributed by atoms with van der Waals surface area (Å²) in [7, 11) is 0. The topological polar surface area (TPSA) is 32.9 Å². The zero-order chi connectivity index (χ0) is 26.2. The molecule has 0 bridgehead atoms. The molecule has 0 radical (unpaired) electrons. The number of aromatic nitrogens is 1. The molecule has 1 heterocycles. The molecule has 6 aromatic rings. The van der Waals surface area contributed by atoms with Gasteiger partial charge in [-0.2, -0.15) is 0 Å². The summed E-state index contributed by atoms with van der Waals surface area (Å²) < 4.78 is 41.2. The van der Waals surface area contributed by atoms with Crippen LogP contribution in [0.5, 0.6) is 0 Å². The Balaban J connectivity index is 1.74. The fourth-order valence-corrected chi connectivity index (χ4v) is 4.77. The monoisotopic (exact) mass is 503 g/mol. The van der Waals surface area contributed by atoms with Gasteiger partial charge in [-0.1, -0.05) is 66.7 Å². The van der Waals surface area contributed by atoms with Crippen LogP contribution < -0.4 is 5.43 Å². The minimum atomic E-state index is -0.399. The minimum Gasteiger partial charge on any atom is -0.353 e. The van der Waals surface area contributed by atoms with Crippen LogP contribution in [0.25, 0.3) is 55.5 Å². The number of fused-ring (bicyclic) bond motifs is 1. The number of halogens is 3. The van der Waals surface area contributed by atoms with Crippen LogP contribution in [0.15, 0.2) is 120 Å². The zero-order valence-corrected chi connectivity index (χ0v) is 20.0. The maximum absolute atomic E-state index is 14.2. The molecular formula is C33H20F3NO. The van der Waals surface area contributed by atoms with Gasteiger partial charge < -0.3 is 4.98 Å². The molecule has 0 spiro atoms. The number of benzene rings is 5. The van der Waals surface area contributed by atoms with Crippen molar-refractivity contribution in [2.24, 2.45) is 0 Å². The Morgan fingerprint density at radius 1 is 0.500 bits per heavy atom. The number of aromatic amines is 1. The lowest BCUT2D eigenvalue weighted by molar-refractivity contribution is 0.627. The first-order chi connectivity index (χ1) is 18.5. The maximum atomic E-state index is 14.2. The van der Waals surface area contributed by atoms with Crippen LogP contribution in [0.4, 0.5) is 13.2 Å². The number of hydrogen-bond acceptors (Lipinski definition) is 1. The van der Waals surface area contributed by atoms with E-state index in [1.807, 2.05) is 36.4 Å². The third-order valence-corrected chi connectivity index (χ3v) is 6.64. The Labute approximate surface area is 216 Å². The smallest absolute Gasteiger partial charge is 0.197 e. The molecule has 0 aliphatic heterocycles. The van der Waals surface area contributed by atoms with E-state index in [-0.39, 0.29) is 17.1 Å². The molecule has 0 saturated heterocycles. The summed E-state index contributed by atoms with van der Waals surface area (Å²) in [5.74, 6) is -1.13. The van der Waals surface area contributed by atoms with Crippen molar-refractivity contribution < 1.29 is 13.2 Å². The molecule has 0 amide bonds. The van der Waals surface area contributed by atoms with Gasteiger partial charge in [-0.15, -0.1) is 0 Å². The number of rotatable bonds is 4. The van der Waals surface area contributed by atoms with Crippen molar-refractivity contribution in [1.29, 1.82) is 0 Å². The molecule has 38 heavy (non-hydrogen) atoms. The Hall–Kier alpha value is -4.90. The third-order valence-electron chi connectivity index (χ3n) is 6.64. The first-order valence-corrected chi connectivity index (χ1v) is 12.1. The van der Waals surface area contributed by atoms with Crippen molar-refractivity contribution in [2.75, 3.05) is 0 Å². The van der Waals surface area contributed by atoms with Crippen molar-refractivity contribution in [2.45, 2.75) is 0 Å². The summed E-state index contributed by atoms with van der Waals surface area (Å²) in [6.07, 6.45) is 0. The number of pyridine rings is 1. The van der Waals surface area contributed by atoms with Crippen LogP contribution in [-0.4, -0.2) is 4.98 Å². The van der Waals surface area contributed by atoms with Gasteiger partial charge in [0.1, 0.15) is 17.5 Å². The molecular weight excluding hydrogens is 483 g/mol. The van der Waals surface area contributed by atoms with Crippen molar-refractivity contribution in [3.05, 3.63) is 143 Å². The van der Waals surface area contributed by atoms with Gasteiger partial charge in [0.15, 0.2) is 5.43 Å².